The molecule has 3 aromatic rings. The Morgan fingerprint density at radius 1 is 0.891 bits per heavy atom. The molecule has 1 aliphatic carbocycles. The van der Waals surface area contributed by atoms with E-state index in [9.17, 15) is 0 Å². The number of aryl methyl sites for hydroxylation is 2. The summed E-state index contributed by atoms with van der Waals surface area (Å²) in [5.74, 6) is 0. The van der Waals surface area contributed by atoms with Crippen molar-refractivity contribution in [2.45, 2.75) is 46.9 Å². The molecule has 1 heterocycles. The van der Waals surface area contributed by atoms with Crippen LogP contribution in [0.15, 0.2) is 114 Å². The summed E-state index contributed by atoms with van der Waals surface area (Å²) in [6.07, 6.45) is 17.7. The Hall–Kier alpha value is -1.76. The third-order valence-corrected chi connectivity index (χ3v) is 12.3. The standard InChI is InChI=1S/C40H42N2S2.2Pb/c1-8-29(36-18-16-34(41(4)5)25-38(36)43)12-14-31-10-9-11-32(40(31)33-23-27(2)22-28(3)24-33)15-13-30-20-21-44-39-26-35(42(6)7)17-19-37(30)39;;/h8,12-20,22-26,43H,1,9-11H2,2-7H3;;/p+1/b14-12+,29-8-,30-13+,32-15+;;. The van der Waals surface area contributed by atoms with Gasteiger partial charge in [-0.1, -0.05) is 0 Å². The van der Waals surface area contributed by atoms with E-state index < -0.39 is 0 Å². The third-order valence-electron chi connectivity index (χ3n) is 8.42. The van der Waals surface area contributed by atoms with Crippen molar-refractivity contribution in [1.29, 1.82) is 0 Å². The Bertz CT molecular complexity index is 1800. The van der Waals surface area contributed by atoms with Gasteiger partial charge in [0.2, 0.25) is 0 Å². The van der Waals surface area contributed by atoms with E-state index in [0.29, 0.717) is 0 Å². The molecule has 0 aromatic heterocycles. The van der Waals surface area contributed by atoms with Crippen molar-refractivity contribution in [3.8, 4) is 0 Å². The van der Waals surface area contributed by atoms with Crippen LogP contribution in [0.1, 0.15) is 47.1 Å². The zero-order chi connectivity index (χ0) is 33.0. The van der Waals surface area contributed by atoms with E-state index in [2.05, 4.69) is 156 Å². The van der Waals surface area contributed by atoms with Gasteiger partial charge in [0.15, 0.2) is 0 Å². The van der Waals surface area contributed by atoms with E-state index in [0.717, 1.165) is 79.7 Å². The predicted molar refractivity (Wildman–Crippen MR) is 210 cm³/mol. The van der Waals surface area contributed by atoms with E-state index in [1.165, 1.54) is 74.4 Å². The zero-order valence-electron chi connectivity index (χ0n) is 27.8. The number of hydrogen-bond acceptors (Lipinski definition) is 3. The van der Waals surface area contributed by atoms with E-state index in [4.69, 9.17) is 0 Å². The summed E-state index contributed by atoms with van der Waals surface area (Å²) >= 11 is 8.07. The number of nitrogens with zero attached hydrogens (tertiary/aromatic N) is 2. The van der Waals surface area contributed by atoms with Gasteiger partial charge in [0.05, 0.1) is 0 Å². The molecule has 0 unspecified atom stereocenters. The Morgan fingerprint density at radius 2 is 1.59 bits per heavy atom. The van der Waals surface area contributed by atoms with Gasteiger partial charge in [-0.25, -0.2) is 0 Å². The Morgan fingerprint density at radius 3 is 2.26 bits per heavy atom. The first-order valence-electron chi connectivity index (χ1n) is 15.8. The van der Waals surface area contributed by atoms with Gasteiger partial charge in [-0.15, -0.1) is 0 Å². The number of benzene rings is 3. The monoisotopic (exact) mass is 1030 g/mol. The third kappa shape index (κ3) is 8.63. The molecule has 0 N–H and O–H groups in total. The summed E-state index contributed by atoms with van der Waals surface area (Å²) in [7, 11) is 8.41. The molecule has 2 aliphatic rings. The van der Waals surface area contributed by atoms with E-state index >= 15 is 0 Å². The molecule has 0 saturated carbocycles. The molecule has 232 valence electrons. The SMILES string of the molecule is Cc1cc(C)cc(C2=C(/C=C/C(=C/[CH2][Pb])c3ccc(N(C)C)cc3[SH2+])CCC/C2=C\C=C2/C=[C]([Pb])Sc3cc(N(C)C)ccc32)c1. The first-order chi connectivity index (χ1) is 22.0. The average molecular weight is 1030 g/mol. The molecule has 0 saturated heterocycles. The number of fused-ring (bicyclic) bond motifs is 1. The van der Waals surface area contributed by atoms with Gasteiger partial charge in [0.1, 0.15) is 0 Å². The van der Waals surface area contributed by atoms with E-state index in [-0.39, 0.29) is 0 Å². The number of anilines is 2. The van der Waals surface area contributed by atoms with Crippen LogP contribution in [-0.2, 0) is 12.6 Å². The van der Waals surface area contributed by atoms with Crippen LogP contribution >= 0.6 is 11.8 Å². The van der Waals surface area contributed by atoms with E-state index in [1.807, 2.05) is 11.8 Å². The second-order valence-corrected chi connectivity index (χ2v) is 19.2. The number of thioether (sulfide) groups is 1. The van der Waals surface area contributed by atoms with Gasteiger partial charge in [-0.05, 0) is 0 Å². The van der Waals surface area contributed by atoms with Gasteiger partial charge in [0, 0.05) is 0 Å². The molecule has 6 heteroatoms. The molecule has 0 spiro atoms. The first kappa shape index (κ1) is 35.5. The van der Waals surface area contributed by atoms with Gasteiger partial charge < -0.3 is 0 Å². The summed E-state index contributed by atoms with van der Waals surface area (Å²) in [5.41, 5.74) is 15.9. The summed E-state index contributed by atoms with van der Waals surface area (Å²) in [5, 5.41) is 0. The van der Waals surface area contributed by atoms with Crippen LogP contribution in [0.4, 0.5) is 11.4 Å². The van der Waals surface area contributed by atoms with Crippen LogP contribution in [0.2, 0.25) is 3.98 Å². The molecular weight excluding hydrogens is 987 g/mol. The molecule has 6 radical (unpaired) electrons. The van der Waals surface area contributed by atoms with Crippen LogP contribution in [-0.4, -0.2) is 79.7 Å². The van der Waals surface area contributed by atoms with Crippen LogP contribution < -0.4 is 9.80 Å². The topological polar surface area (TPSA) is 6.48 Å². The Labute approximate surface area is 318 Å². The summed E-state index contributed by atoms with van der Waals surface area (Å²) in [6, 6.07) is 20.6. The Kier molecular flexibility index (Phi) is 12.4. The van der Waals surface area contributed by atoms with Crippen molar-refractivity contribution in [2.24, 2.45) is 0 Å². The van der Waals surface area contributed by atoms with Crippen molar-refractivity contribution < 1.29 is 0 Å². The maximum atomic E-state index is 3.95. The molecule has 0 atom stereocenters. The number of rotatable bonds is 8. The summed E-state index contributed by atoms with van der Waals surface area (Å²) in [6.45, 7) is 4.44. The molecule has 0 fully saturated rings. The second kappa shape index (κ2) is 16.1. The summed E-state index contributed by atoms with van der Waals surface area (Å²) < 4.78 is 2.59. The predicted octanol–water partition coefficient (Wildman–Crippen LogP) is 9.10. The zero-order valence-corrected chi connectivity index (χ0v) is 37.4. The van der Waals surface area contributed by atoms with Crippen molar-refractivity contribution in [3.63, 3.8) is 0 Å². The van der Waals surface area contributed by atoms with Crippen LogP contribution in [0.25, 0.3) is 16.7 Å². The maximum absolute atomic E-state index is 3.95. The van der Waals surface area contributed by atoms with Crippen molar-refractivity contribution >= 4 is 104 Å². The quantitative estimate of drug-likeness (QED) is 0.127. The minimum atomic E-state index is 1.05. The number of hydrogen-bond donors (Lipinski definition) is 0. The van der Waals surface area contributed by atoms with Gasteiger partial charge in [-0.2, -0.15) is 0 Å². The Balaban J connectivity index is 1.61. The molecule has 2 nitrogen and oxygen atoms in total. The fraction of sp³-hybridized carbons (Fsp3) is 0.250. The first-order valence-corrected chi connectivity index (χ1v) is 21.8. The normalized spacial score (nSPS) is 17.2. The summed E-state index contributed by atoms with van der Waals surface area (Å²) in [4.78, 5) is 6.83. The molecule has 1 aliphatic heterocycles. The average Bonchev–Trinajstić information content (AvgIpc) is 3.01. The molecule has 5 rings (SSSR count). The molecule has 0 bridgehead atoms. The minimum absolute atomic E-state index is 1.05. The van der Waals surface area contributed by atoms with Gasteiger partial charge in [-0.3, -0.25) is 0 Å². The molecular formula is C40H43N2Pb2S2+. The number of allylic oxidation sites excluding steroid dienone is 11. The van der Waals surface area contributed by atoms with Crippen LogP contribution in [0, 0.1) is 13.8 Å². The fourth-order valence-electron chi connectivity index (χ4n) is 6.19. The fourth-order valence-corrected chi connectivity index (χ4v) is 10.2. The van der Waals surface area contributed by atoms with Crippen molar-refractivity contribution in [3.05, 3.63) is 132 Å². The van der Waals surface area contributed by atoms with Crippen molar-refractivity contribution in [1.82, 2.24) is 0 Å². The molecule has 0 amide bonds. The van der Waals surface area contributed by atoms with Crippen LogP contribution in [0.5, 0.6) is 0 Å². The van der Waals surface area contributed by atoms with E-state index in [1.54, 1.807) is 0 Å². The van der Waals surface area contributed by atoms with Gasteiger partial charge in [0.25, 0.3) is 0 Å². The van der Waals surface area contributed by atoms with Crippen LogP contribution in [0.3, 0.4) is 0 Å². The molecule has 3 aromatic carbocycles. The second-order valence-electron chi connectivity index (χ2n) is 12.5. The van der Waals surface area contributed by atoms with Gasteiger partial charge >= 0.3 is 321 Å². The molecule has 46 heavy (non-hydrogen) atoms. The van der Waals surface area contributed by atoms with Crippen molar-refractivity contribution in [2.75, 3.05) is 38.0 Å².